The van der Waals surface area contributed by atoms with E-state index in [4.69, 9.17) is 0 Å². The molecule has 2 unspecified atom stereocenters. The van der Waals surface area contributed by atoms with Gasteiger partial charge >= 0.3 is 6.18 Å². The number of hydrogen-bond donors (Lipinski definition) is 2. The van der Waals surface area contributed by atoms with Crippen LogP contribution in [0.25, 0.3) is 0 Å². The van der Waals surface area contributed by atoms with Crippen LogP contribution >= 0.6 is 0 Å². The third-order valence-electron chi connectivity index (χ3n) is 4.32. The number of carbonyl (C=O) groups is 2. The largest absolute Gasteiger partial charge is 0.397 e. The van der Waals surface area contributed by atoms with E-state index in [1.54, 1.807) is 11.8 Å². The molecule has 0 radical (unpaired) electrons. The molecule has 6 nitrogen and oxygen atoms in total. The Morgan fingerprint density at radius 1 is 1.44 bits per heavy atom. The van der Waals surface area contributed by atoms with Gasteiger partial charge in [-0.2, -0.15) is 18.3 Å². The third-order valence-corrected chi connectivity index (χ3v) is 4.32. The zero-order valence-electron chi connectivity index (χ0n) is 14.3. The molecule has 0 spiro atoms. The average molecular weight is 360 g/mol. The predicted octanol–water partition coefficient (Wildman–Crippen LogP) is 2.13. The van der Waals surface area contributed by atoms with Crippen molar-refractivity contribution in [1.29, 1.82) is 0 Å². The van der Waals surface area contributed by atoms with Crippen molar-refractivity contribution in [3.63, 3.8) is 0 Å². The summed E-state index contributed by atoms with van der Waals surface area (Å²) in [4.78, 5) is 23.4. The van der Waals surface area contributed by atoms with E-state index in [0.717, 1.165) is 39.1 Å². The summed E-state index contributed by atoms with van der Waals surface area (Å²) >= 11 is 0. The zero-order valence-corrected chi connectivity index (χ0v) is 14.3. The molecular formula is C16H23F3N4O2. The molecule has 1 aliphatic carbocycles. The van der Waals surface area contributed by atoms with Crippen LogP contribution in [0, 0.1) is 12.8 Å². The molecule has 2 aliphatic rings. The summed E-state index contributed by atoms with van der Waals surface area (Å²) in [5, 5.41) is 8.97. The number of alkyl halides is 3. The molecule has 0 bridgehead atoms. The molecule has 2 atom stereocenters. The Morgan fingerprint density at radius 3 is 2.56 bits per heavy atom. The SMILES string of the molecule is Cc1cc(C(C)C(F)(F)F)n[nH]1.O=CN1CCC(NC(=O)C2CC2)C1. The van der Waals surface area contributed by atoms with Crippen molar-refractivity contribution >= 4 is 12.3 Å². The Kier molecular flexibility index (Phi) is 6.07. The number of rotatable bonds is 4. The molecule has 1 aromatic rings. The van der Waals surface area contributed by atoms with Gasteiger partial charge in [0.2, 0.25) is 12.3 Å². The molecule has 2 fully saturated rings. The van der Waals surface area contributed by atoms with Crippen molar-refractivity contribution in [2.45, 2.75) is 51.2 Å². The number of halogens is 3. The molecule has 2 amide bonds. The quantitative estimate of drug-likeness (QED) is 0.808. The highest BCUT2D eigenvalue weighted by atomic mass is 19.4. The van der Waals surface area contributed by atoms with E-state index in [2.05, 4.69) is 15.5 Å². The first kappa shape index (κ1) is 19.3. The van der Waals surface area contributed by atoms with Crippen LogP contribution in [0.15, 0.2) is 6.07 Å². The van der Waals surface area contributed by atoms with Crippen molar-refractivity contribution in [1.82, 2.24) is 20.4 Å². The van der Waals surface area contributed by atoms with E-state index in [9.17, 15) is 22.8 Å². The lowest BCUT2D eigenvalue weighted by Gasteiger charge is -2.12. The first-order chi connectivity index (χ1) is 11.7. The van der Waals surface area contributed by atoms with E-state index >= 15 is 0 Å². The molecule has 2 heterocycles. The van der Waals surface area contributed by atoms with Crippen LogP contribution in [0.4, 0.5) is 13.2 Å². The second-order valence-corrected chi connectivity index (χ2v) is 6.61. The number of aromatic amines is 1. The summed E-state index contributed by atoms with van der Waals surface area (Å²) in [7, 11) is 0. The summed E-state index contributed by atoms with van der Waals surface area (Å²) in [6, 6.07) is 1.59. The smallest absolute Gasteiger partial charge is 0.351 e. The van der Waals surface area contributed by atoms with Gasteiger partial charge in [-0.05, 0) is 39.2 Å². The molecule has 0 aromatic carbocycles. The summed E-state index contributed by atoms with van der Waals surface area (Å²) in [5.41, 5.74) is 0.682. The number of carbonyl (C=O) groups excluding carboxylic acids is 2. The first-order valence-electron chi connectivity index (χ1n) is 8.29. The van der Waals surface area contributed by atoms with Crippen molar-refractivity contribution in [3.05, 3.63) is 17.5 Å². The second-order valence-electron chi connectivity index (χ2n) is 6.61. The van der Waals surface area contributed by atoms with E-state index in [1.165, 1.54) is 6.07 Å². The minimum absolute atomic E-state index is 0.0417. The number of aryl methyl sites for hydroxylation is 1. The number of likely N-dealkylation sites (tertiary alicyclic amines) is 1. The van der Waals surface area contributed by atoms with Crippen LogP contribution < -0.4 is 5.32 Å². The van der Waals surface area contributed by atoms with Crippen LogP contribution in [0.3, 0.4) is 0 Å². The van der Waals surface area contributed by atoms with Crippen molar-refractivity contribution in [3.8, 4) is 0 Å². The lowest BCUT2D eigenvalue weighted by molar-refractivity contribution is -0.147. The average Bonchev–Trinajstić information content (AvgIpc) is 3.17. The van der Waals surface area contributed by atoms with Crippen molar-refractivity contribution in [2.75, 3.05) is 13.1 Å². The second kappa shape index (κ2) is 7.88. The van der Waals surface area contributed by atoms with Gasteiger partial charge in [0, 0.05) is 30.7 Å². The Balaban J connectivity index is 0.000000181. The van der Waals surface area contributed by atoms with Gasteiger partial charge in [-0.15, -0.1) is 0 Å². The fraction of sp³-hybridized carbons (Fsp3) is 0.688. The highest BCUT2D eigenvalue weighted by Gasteiger charge is 2.38. The van der Waals surface area contributed by atoms with Gasteiger partial charge in [0.05, 0.1) is 11.6 Å². The molecule has 1 aliphatic heterocycles. The number of nitrogens with zero attached hydrogens (tertiary/aromatic N) is 2. The maximum Gasteiger partial charge on any atom is 0.397 e. The van der Waals surface area contributed by atoms with E-state index in [-0.39, 0.29) is 23.6 Å². The third kappa shape index (κ3) is 5.75. The number of nitrogens with one attached hydrogen (secondary N) is 2. The summed E-state index contributed by atoms with van der Waals surface area (Å²) < 4.78 is 36.3. The highest BCUT2D eigenvalue weighted by molar-refractivity contribution is 5.81. The number of aromatic nitrogens is 2. The first-order valence-corrected chi connectivity index (χ1v) is 8.29. The lowest BCUT2D eigenvalue weighted by atomic mass is 10.1. The van der Waals surface area contributed by atoms with Crippen LogP contribution in [0.1, 0.15) is 43.5 Å². The van der Waals surface area contributed by atoms with E-state index < -0.39 is 12.1 Å². The van der Waals surface area contributed by atoms with Crippen LogP contribution in [-0.2, 0) is 9.59 Å². The number of hydrogen-bond acceptors (Lipinski definition) is 3. The Labute approximate surface area is 144 Å². The molecule has 140 valence electrons. The van der Waals surface area contributed by atoms with Crippen molar-refractivity contribution < 1.29 is 22.8 Å². The fourth-order valence-corrected chi connectivity index (χ4v) is 2.49. The van der Waals surface area contributed by atoms with Crippen molar-refractivity contribution in [2.24, 2.45) is 5.92 Å². The van der Waals surface area contributed by atoms with E-state index in [1.807, 2.05) is 0 Å². The summed E-state index contributed by atoms with van der Waals surface area (Å²) in [5.74, 6) is -1.05. The molecule has 2 N–H and O–H groups in total. The molecule has 25 heavy (non-hydrogen) atoms. The predicted molar refractivity (Wildman–Crippen MR) is 84.7 cm³/mol. The highest BCUT2D eigenvalue weighted by Crippen LogP contribution is 2.33. The fourth-order valence-electron chi connectivity index (χ4n) is 2.49. The Bertz CT molecular complexity index is 598. The van der Waals surface area contributed by atoms with Gasteiger partial charge in [-0.3, -0.25) is 14.7 Å². The van der Waals surface area contributed by atoms with Gasteiger partial charge in [0.25, 0.3) is 0 Å². The van der Waals surface area contributed by atoms with E-state index in [0.29, 0.717) is 12.2 Å². The lowest BCUT2D eigenvalue weighted by Crippen LogP contribution is -2.37. The molecule has 1 saturated carbocycles. The molecule has 1 aromatic heterocycles. The van der Waals surface area contributed by atoms with Crippen LogP contribution in [-0.4, -0.2) is 52.7 Å². The minimum Gasteiger partial charge on any atom is -0.351 e. The number of amides is 2. The van der Waals surface area contributed by atoms with Crippen LogP contribution in [0.2, 0.25) is 0 Å². The Hall–Kier alpha value is -2.06. The molecule has 1 saturated heterocycles. The molecule has 3 rings (SSSR count). The van der Waals surface area contributed by atoms with Gasteiger partial charge in [0.15, 0.2) is 0 Å². The molecular weight excluding hydrogens is 337 g/mol. The topological polar surface area (TPSA) is 78.1 Å². The van der Waals surface area contributed by atoms with Gasteiger partial charge < -0.3 is 10.2 Å². The maximum atomic E-state index is 12.1. The van der Waals surface area contributed by atoms with Gasteiger partial charge in [-0.1, -0.05) is 0 Å². The Morgan fingerprint density at radius 2 is 2.12 bits per heavy atom. The zero-order chi connectivity index (χ0) is 18.6. The van der Waals surface area contributed by atoms with Crippen LogP contribution in [0.5, 0.6) is 0 Å². The summed E-state index contributed by atoms with van der Waals surface area (Å²) in [6.07, 6.45) is -0.381. The molecule has 9 heteroatoms. The minimum atomic E-state index is -4.21. The standard InChI is InChI=1S/C9H14N2O2.C7H9F3N2/c12-6-11-4-3-8(5-11)10-9(13)7-1-2-7;1-4-3-6(12-11-4)5(2)7(8,9)10/h6-8H,1-5H2,(H,10,13);3,5H,1-2H3,(H,11,12). The maximum absolute atomic E-state index is 12.1. The van der Waals surface area contributed by atoms with Gasteiger partial charge in [0.1, 0.15) is 0 Å². The van der Waals surface area contributed by atoms with Gasteiger partial charge in [-0.25, -0.2) is 0 Å². The monoisotopic (exact) mass is 360 g/mol. The summed E-state index contributed by atoms with van der Waals surface area (Å²) in [6.45, 7) is 4.22. The number of H-pyrrole nitrogens is 1. The normalized spacial score (nSPS) is 21.3.